The molecule has 234 valence electrons. The zero-order valence-electron chi connectivity index (χ0n) is 25.1. The highest BCUT2D eigenvalue weighted by atomic mass is 16.5. The first-order valence-electron chi connectivity index (χ1n) is 14.2. The number of aliphatic hydroxyl groups excluding tert-OH is 2. The van der Waals surface area contributed by atoms with Crippen molar-refractivity contribution in [2.45, 2.75) is 25.0 Å². The number of nitrogens with one attached hydrogen (secondary N) is 2. The van der Waals surface area contributed by atoms with E-state index in [0.29, 0.717) is 22.7 Å². The first kappa shape index (κ1) is 30.8. The highest BCUT2D eigenvalue weighted by Crippen LogP contribution is 2.53. The molecule has 6 atom stereocenters. The number of fused-ring (bicyclic) bond motifs is 3. The number of aromatic hydroxyl groups is 1. The number of rotatable bonds is 6. The monoisotopic (exact) mass is 607 g/mol. The molecule has 2 aromatic rings. The van der Waals surface area contributed by atoms with Crippen LogP contribution >= 0.6 is 0 Å². The maximum Gasteiger partial charge on any atom is 0.323 e. The van der Waals surface area contributed by atoms with Gasteiger partial charge in [-0.1, -0.05) is 0 Å². The van der Waals surface area contributed by atoms with Crippen molar-refractivity contribution in [3.63, 3.8) is 0 Å². The number of methoxy groups -OCH3 is 1. The second-order valence-corrected chi connectivity index (χ2v) is 12.0. The fourth-order valence-corrected chi connectivity index (χ4v) is 7.12. The Balaban J connectivity index is 1.55. The second-order valence-electron chi connectivity index (χ2n) is 12.0. The number of nitrogens with zero attached hydrogens (tertiary/aromatic N) is 2. The van der Waals surface area contributed by atoms with Crippen molar-refractivity contribution in [1.29, 1.82) is 0 Å². The van der Waals surface area contributed by atoms with Crippen LogP contribution in [0.2, 0.25) is 0 Å². The lowest BCUT2D eigenvalue weighted by Gasteiger charge is -2.50. The molecule has 0 saturated heterocycles. The van der Waals surface area contributed by atoms with Crippen molar-refractivity contribution in [1.82, 2.24) is 4.90 Å². The molecule has 0 aromatic heterocycles. The molecule has 6 unspecified atom stereocenters. The summed E-state index contributed by atoms with van der Waals surface area (Å²) in [6.45, 7) is 0. The number of phenolic OH excluding ortho intramolecular Hbond substituents is 1. The van der Waals surface area contributed by atoms with Gasteiger partial charge in [0.05, 0.1) is 30.4 Å². The van der Waals surface area contributed by atoms with E-state index in [1.165, 1.54) is 7.11 Å². The maximum atomic E-state index is 14.0. The Morgan fingerprint density at radius 2 is 1.70 bits per heavy atom. The number of likely N-dealkylation sites (N-methyl/N-ethyl adjacent to an activating group) is 1. The van der Waals surface area contributed by atoms with Crippen LogP contribution in [0, 0.1) is 23.7 Å². The van der Waals surface area contributed by atoms with E-state index in [0.717, 1.165) is 0 Å². The van der Waals surface area contributed by atoms with Gasteiger partial charge in [-0.2, -0.15) is 0 Å². The van der Waals surface area contributed by atoms with E-state index in [-0.39, 0.29) is 29.7 Å². The van der Waals surface area contributed by atoms with Gasteiger partial charge in [0, 0.05) is 37.1 Å². The van der Waals surface area contributed by atoms with Gasteiger partial charge in [-0.05, 0) is 74.7 Å². The minimum absolute atomic E-state index is 0.0106. The Labute approximate surface area is 254 Å². The van der Waals surface area contributed by atoms with Crippen LogP contribution < -0.4 is 26.0 Å². The number of nitrogens with two attached hydrogens (primary N) is 1. The first-order valence-corrected chi connectivity index (χ1v) is 14.2. The highest BCUT2D eigenvalue weighted by molar-refractivity contribution is 6.19. The summed E-state index contributed by atoms with van der Waals surface area (Å²) < 4.78 is 5.13. The number of ether oxygens (including phenoxy) is 1. The van der Waals surface area contributed by atoms with Gasteiger partial charge < -0.3 is 46.2 Å². The molecule has 2 fully saturated rings. The molecule has 5 rings (SSSR count). The van der Waals surface area contributed by atoms with E-state index in [1.807, 2.05) is 0 Å². The Morgan fingerprint density at radius 3 is 2.27 bits per heavy atom. The quantitative estimate of drug-likeness (QED) is 0.208. The maximum absolute atomic E-state index is 14.0. The molecule has 0 heterocycles. The van der Waals surface area contributed by atoms with E-state index >= 15 is 0 Å². The number of phenols is 1. The van der Waals surface area contributed by atoms with E-state index < -0.39 is 70.8 Å². The lowest BCUT2D eigenvalue weighted by molar-refractivity contribution is -0.157. The van der Waals surface area contributed by atoms with Crippen molar-refractivity contribution >= 4 is 46.3 Å². The fourth-order valence-electron chi connectivity index (χ4n) is 7.12. The van der Waals surface area contributed by atoms with Crippen LogP contribution in [0.25, 0.3) is 5.76 Å². The van der Waals surface area contributed by atoms with Gasteiger partial charge >= 0.3 is 6.03 Å². The topological polar surface area (TPSA) is 195 Å². The molecule has 0 radical (unpaired) electrons. The van der Waals surface area contributed by atoms with Gasteiger partial charge in [0.1, 0.15) is 17.4 Å². The zero-order chi connectivity index (χ0) is 32.2. The molecule has 44 heavy (non-hydrogen) atoms. The summed E-state index contributed by atoms with van der Waals surface area (Å²) in [6.07, 6.45) is -0.880. The van der Waals surface area contributed by atoms with Gasteiger partial charge in [-0.3, -0.25) is 14.4 Å². The number of carbonyl (C=O) groups excluding carboxylic acids is 4. The summed E-state index contributed by atoms with van der Waals surface area (Å²) in [5, 5.41) is 39.3. The Kier molecular flexibility index (Phi) is 8.03. The minimum Gasteiger partial charge on any atom is -0.507 e. The molecule has 2 aromatic carbocycles. The van der Waals surface area contributed by atoms with Crippen LogP contribution in [0.5, 0.6) is 11.5 Å². The predicted octanol–water partition coefficient (Wildman–Crippen LogP) is 1.73. The molecule has 2 saturated carbocycles. The lowest BCUT2D eigenvalue weighted by atomic mass is 9.57. The number of Topliss-reactive ketones (excluding diaryl/α,β-unsaturated/α-hetero) is 2. The van der Waals surface area contributed by atoms with Gasteiger partial charge in [0.2, 0.25) is 5.91 Å². The van der Waals surface area contributed by atoms with Crippen LogP contribution in [0.3, 0.4) is 0 Å². The Hall–Kier alpha value is -4.62. The molecule has 0 spiro atoms. The molecule has 0 bridgehead atoms. The van der Waals surface area contributed by atoms with E-state index in [1.54, 1.807) is 68.3 Å². The number of benzene rings is 2. The summed E-state index contributed by atoms with van der Waals surface area (Å²) in [5.41, 5.74) is 7.06. The number of ketones is 2. The number of anilines is 3. The molecule has 3 aliphatic rings. The van der Waals surface area contributed by atoms with Gasteiger partial charge in [0.25, 0.3) is 0 Å². The normalized spacial score (nSPS) is 26.0. The number of primary amides is 1. The van der Waals surface area contributed by atoms with Crippen molar-refractivity contribution in [2.24, 2.45) is 29.4 Å². The molecular weight excluding hydrogens is 570 g/mol. The molecule has 13 heteroatoms. The number of urea groups is 1. The molecule has 0 aliphatic heterocycles. The number of amides is 3. The lowest BCUT2D eigenvalue weighted by Crippen LogP contribution is -2.64. The van der Waals surface area contributed by atoms with Crippen molar-refractivity contribution in [3.05, 3.63) is 47.0 Å². The summed E-state index contributed by atoms with van der Waals surface area (Å²) >= 11 is 0. The first-order chi connectivity index (χ1) is 20.8. The van der Waals surface area contributed by atoms with E-state index in [4.69, 9.17) is 10.5 Å². The number of allylic oxidation sites excluding steroid dienone is 1. The van der Waals surface area contributed by atoms with Crippen LogP contribution in [-0.4, -0.2) is 91.2 Å². The molecule has 3 amide bonds. The number of carbonyl (C=O) groups is 4. The smallest absolute Gasteiger partial charge is 0.323 e. The average molecular weight is 608 g/mol. The third-order valence-electron chi connectivity index (χ3n) is 8.99. The third-order valence-corrected chi connectivity index (χ3v) is 8.99. The summed E-state index contributed by atoms with van der Waals surface area (Å²) in [7, 11) is 8.47. The molecule has 3 aliphatic carbocycles. The zero-order valence-corrected chi connectivity index (χ0v) is 25.1. The predicted molar refractivity (Wildman–Crippen MR) is 163 cm³/mol. The second kappa shape index (κ2) is 11.5. The van der Waals surface area contributed by atoms with E-state index in [9.17, 15) is 34.5 Å². The fraction of sp³-hybridized carbons (Fsp3) is 0.419. The third kappa shape index (κ3) is 5.01. The minimum atomic E-state index is -1.57. The summed E-state index contributed by atoms with van der Waals surface area (Å²) in [4.78, 5) is 56.1. The largest absolute Gasteiger partial charge is 0.507 e. The van der Waals surface area contributed by atoms with Crippen molar-refractivity contribution in [3.8, 4) is 11.5 Å². The Bertz CT molecular complexity index is 1570. The summed E-state index contributed by atoms with van der Waals surface area (Å²) in [6, 6.07) is 6.85. The van der Waals surface area contributed by atoms with Crippen molar-refractivity contribution < 1.29 is 39.2 Å². The van der Waals surface area contributed by atoms with Crippen molar-refractivity contribution in [2.75, 3.05) is 50.8 Å². The Morgan fingerprint density at radius 1 is 1.05 bits per heavy atom. The van der Waals surface area contributed by atoms with Crippen LogP contribution in [0.15, 0.2) is 35.9 Å². The number of aliphatic hydroxyl groups is 2. The van der Waals surface area contributed by atoms with E-state index in [2.05, 4.69) is 10.6 Å². The highest BCUT2D eigenvalue weighted by Gasteiger charge is 2.59. The summed E-state index contributed by atoms with van der Waals surface area (Å²) in [5.74, 6) is -6.81. The van der Waals surface area contributed by atoms with Crippen LogP contribution in [0.1, 0.15) is 17.5 Å². The SMILES string of the molecule is COc1ccc(NC(=O)Nc2cc(N(C)C)c3c(c2O)C(O)=C2C(=O)C4C(=O)C(C(N)=O)C(O)C(N(C)C)C4CC2C3)cc1. The molecule has 7 N–H and O–H groups in total. The molecular formula is C31H37N5O8. The standard InChI is InChI=1S/C31H37N5O8/c1-35(2)19-12-18(34-31(43)33-14-6-8-15(44-5)9-7-14)25(37)21-16(19)10-13-11-17-22(27(39)20(13)26(21)38)28(40)23(30(32)42)29(41)24(17)36(3)4/h6-9,12-13,17,22-24,29,37-38,41H,10-11H2,1-5H3,(H2,32,42)(H2,33,34,43). The van der Waals surface area contributed by atoms with Gasteiger partial charge in [-0.25, -0.2) is 4.79 Å². The van der Waals surface area contributed by atoms with Crippen LogP contribution in [0.4, 0.5) is 21.9 Å². The van der Waals surface area contributed by atoms with Gasteiger partial charge in [0.15, 0.2) is 17.3 Å². The number of hydrogen-bond donors (Lipinski definition) is 6. The number of hydrogen-bond acceptors (Lipinski definition) is 10. The van der Waals surface area contributed by atoms with Gasteiger partial charge in [-0.15, -0.1) is 0 Å². The van der Waals surface area contributed by atoms with Crippen LogP contribution in [-0.2, 0) is 20.8 Å². The average Bonchev–Trinajstić information content (AvgIpc) is 2.93. The molecule has 13 nitrogen and oxygen atoms in total.